The Morgan fingerprint density at radius 3 is 2.33 bits per heavy atom. The van der Waals surface area contributed by atoms with Gasteiger partial charge in [0.1, 0.15) is 0 Å². The summed E-state index contributed by atoms with van der Waals surface area (Å²) in [5.41, 5.74) is 1.74. The van der Waals surface area contributed by atoms with E-state index in [-0.39, 0.29) is 12.3 Å². The summed E-state index contributed by atoms with van der Waals surface area (Å²) in [5.74, 6) is 2.04. The molecule has 1 N–H and O–H groups in total. The fourth-order valence-electron chi connectivity index (χ4n) is 2.41. The lowest BCUT2D eigenvalue weighted by molar-refractivity contribution is 0.199. The summed E-state index contributed by atoms with van der Waals surface area (Å²) in [6, 6.07) is 14.9. The highest BCUT2D eigenvalue weighted by Gasteiger charge is 2.09. The number of carbonyl (C=O) groups is 1. The lowest BCUT2D eigenvalue weighted by atomic mass is 10.2. The second kappa shape index (κ2) is 8.66. The van der Waals surface area contributed by atoms with Crippen molar-refractivity contribution in [3.63, 3.8) is 0 Å². The molecule has 7 nitrogen and oxygen atoms in total. The third kappa shape index (κ3) is 4.72. The number of hydrogen-bond donors (Lipinski definition) is 1. The first kappa shape index (κ1) is 18.2. The van der Waals surface area contributed by atoms with Gasteiger partial charge in [-0.3, -0.25) is 0 Å². The van der Waals surface area contributed by atoms with Gasteiger partial charge in [0.05, 0.1) is 26.6 Å². The van der Waals surface area contributed by atoms with E-state index < -0.39 is 6.09 Å². The number of hydrogen-bond acceptors (Lipinski definition) is 6. The van der Waals surface area contributed by atoms with Crippen molar-refractivity contribution in [1.29, 1.82) is 0 Å². The summed E-state index contributed by atoms with van der Waals surface area (Å²) in [7, 11) is 3.13. The molecule has 0 saturated heterocycles. The Hall–Kier alpha value is -3.61. The number of nitrogens with zero attached hydrogens (tertiary/aromatic N) is 2. The molecule has 1 amide bonds. The molecule has 0 spiro atoms. The predicted molar refractivity (Wildman–Crippen MR) is 99.9 cm³/mol. The van der Waals surface area contributed by atoms with Crippen molar-refractivity contribution in [3.8, 4) is 28.6 Å². The molecule has 0 aliphatic heterocycles. The fourth-order valence-corrected chi connectivity index (χ4v) is 2.41. The number of aromatic nitrogens is 2. The van der Waals surface area contributed by atoms with Crippen LogP contribution in [-0.2, 0) is 6.54 Å². The zero-order chi connectivity index (χ0) is 19.1. The van der Waals surface area contributed by atoms with E-state index in [0.29, 0.717) is 17.3 Å². The molecule has 7 heteroatoms. The van der Waals surface area contributed by atoms with Gasteiger partial charge in [0.25, 0.3) is 0 Å². The molecule has 1 heterocycles. The zero-order valence-corrected chi connectivity index (χ0v) is 15.0. The maximum Gasteiger partial charge on any atom is 0.412 e. The highest BCUT2D eigenvalue weighted by molar-refractivity contribution is 5.70. The predicted octanol–water partition coefficient (Wildman–Crippen LogP) is 3.45. The fraction of sp³-hybridized carbons (Fsp3) is 0.150. The SMILES string of the molecule is COc1ccc(CNC(=O)Oc2cnc(-c3ccccc3)nc2)cc1OC. The smallest absolute Gasteiger partial charge is 0.412 e. The average molecular weight is 365 g/mol. The third-order valence-corrected chi connectivity index (χ3v) is 3.76. The van der Waals surface area contributed by atoms with Crippen LogP contribution in [0, 0.1) is 0 Å². The molecule has 0 aliphatic carbocycles. The minimum atomic E-state index is -0.596. The van der Waals surface area contributed by atoms with E-state index in [1.54, 1.807) is 26.4 Å². The Kier molecular flexibility index (Phi) is 5.84. The van der Waals surface area contributed by atoms with Gasteiger partial charge in [-0.2, -0.15) is 0 Å². The van der Waals surface area contributed by atoms with Gasteiger partial charge in [-0.15, -0.1) is 0 Å². The minimum absolute atomic E-state index is 0.263. The molecule has 0 saturated carbocycles. The number of nitrogens with one attached hydrogen (secondary N) is 1. The Labute approximate surface area is 156 Å². The summed E-state index contributed by atoms with van der Waals surface area (Å²) >= 11 is 0. The molecule has 0 radical (unpaired) electrons. The quantitative estimate of drug-likeness (QED) is 0.720. The number of methoxy groups -OCH3 is 2. The number of carbonyl (C=O) groups excluding carboxylic acids is 1. The first-order valence-electron chi connectivity index (χ1n) is 8.23. The number of rotatable bonds is 6. The van der Waals surface area contributed by atoms with E-state index in [1.807, 2.05) is 36.4 Å². The molecule has 0 aliphatic rings. The molecule has 27 heavy (non-hydrogen) atoms. The summed E-state index contributed by atoms with van der Waals surface area (Å²) in [6.45, 7) is 0.280. The van der Waals surface area contributed by atoms with Gasteiger partial charge in [0, 0.05) is 12.1 Å². The van der Waals surface area contributed by atoms with Crippen LogP contribution < -0.4 is 19.5 Å². The topological polar surface area (TPSA) is 82.6 Å². The molecule has 0 fully saturated rings. The van der Waals surface area contributed by atoms with Crippen molar-refractivity contribution in [2.75, 3.05) is 14.2 Å². The second-order valence-corrected chi connectivity index (χ2v) is 5.54. The average Bonchev–Trinajstić information content (AvgIpc) is 2.73. The maximum atomic E-state index is 12.0. The molecular formula is C20H19N3O4. The van der Waals surface area contributed by atoms with Gasteiger partial charge < -0.3 is 19.5 Å². The van der Waals surface area contributed by atoms with E-state index in [1.165, 1.54) is 12.4 Å². The molecule has 1 aromatic heterocycles. The summed E-state index contributed by atoms with van der Waals surface area (Å²) in [5, 5.41) is 2.67. The van der Waals surface area contributed by atoms with Gasteiger partial charge in [-0.05, 0) is 17.7 Å². The van der Waals surface area contributed by atoms with Crippen LogP contribution in [0.3, 0.4) is 0 Å². The Bertz CT molecular complexity index is 899. The standard InChI is InChI=1S/C20H19N3O4/c1-25-17-9-8-14(10-18(17)26-2)11-23-20(24)27-16-12-21-19(22-13-16)15-6-4-3-5-7-15/h3-10,12-13H,11H2,1-2H3,(H,23,24). The van der Waals surface area contributed by atoms with Crippen molar-refractivity contribution in [2.45, 2.75) is 6.54 Å². The van der Waals surface area contributed by atoms with Crippen molar-refractivity contribution in [2.24, 2.45) is 0 Å². The number of benzene rings is 2. The van der Waals surface area contributed by atoms with Crippen LogP contribution in [0.15, 0.2) is 60.9 Å². The monoisotopic (exact) mass is 365 g/mol. The van der Waals surface area contributed by atoms with Crippen LogP contribution in [0.5, 0.6) is 17.2 Å². The molecule has 3 aromatic rings. The molecule has 0 unspecified atom stereocenters. The van der Waals surface area contributed by atoms with Gasteiger partial charge in [0.15, 0.2) is 23.1 Å². The van der Waals surface area contributed by atoms with Crippen LogP contribution in [0.2, 0.25) is 0 Å². The lowest BCUT2D eigenvalue weighted by Gasteiger charge is -2.10. The first-order chi connectivity index (χ1) is 13.2. The summed E-state index contributed by atoms with van der Waals surface area (Å²) in [4.78, 5) is 20.4. The highest BCUT2D eigenvalue weighted by atomic mass is 16.6. The Balaban J connectivity index is 1.56. The van der Waals surface area contributed by atoms with Crippen LogP contribution in [-0.4, -0.2) is 30.3 Å². The minimum Gasteiger partial charge on any atom is -0.493 e. The van der Waals surface area contributed by atoms with Crippen molar-refractivity contribution in [3.05, 3.63) is 66.5 Å². The van der Waals surface area contributed by atoms with E-state index in [2.05, 4.69) is 15.3 Å². The van der Waals surface area contributed by atoms with E-state index in [9.17, 15) is 4.79 Å². The largest absolute Gasteiger partial charge is 0.493 e. The van der Waals surface area contributed by atoms with Gasteiger partial charge >= 0.3 is 6.09 Å². The molecule has 0 atom stereocenters. The molecule has 0 bridgehead atoms. The molecule has 2 aromatic carbocycles. The first-order valence-corrected chi connectivity index (χ1v) is 8.23. The van der Waals surface area contributed by atoms with Crippen molar-refractivity contribution < 1.29 is 19.0 Å². The summed E-state index contributed by atoms with van der Waals surface area (Å²) in [6.07, 6.45) is 2.33. The molecular weight excluding hydrogens is 346 g/mol. The van der Waals surface area contributed by atoms with Gasteiger partial charge in [0.2, 0.25) is 0 Å². The number of ether oxygens (including phenoxy) is 3. The van der Waals surface area contributed by atoms with E-state index in [4.69, 9.17) is 14.2 Å². The van der Waals surface area contributed by atoms with Gasteiger partial charge in [-0.1, -0.05) is 36.4 Å². The number of amides is 1. The summed E-state index contributed by atoms with van der Waals surface area (Å²) < 4.78 is 15.6. The van der Waals surface area contributed by atoms with Gasteiger partial charge in [-0.25, -0.2) is 14.8 Å². The second-order valence-electron chi connectivity index (χ2n) is 5.54. The van der Waals surface area contributed by atoms with Crippen molar-refractivity contribution in [1.82, 2.24) is 15.3 Å². The molecule has 138 valence electrons. The van der Waals surface area contributed by atoms with Crippen LogP contribution >= 0.6 is 0 Å². The lowest BCUT2D eigenvalue weighted by Crippen LogP contribution is -2.26. The maximum absolute atomic E-state index is 12.0. The van der Waals surface area contributed by atoms with Crippen molar-refractivity contribution >= 4 is 6.09 Å². The molecule has 3 rings (SSSR count). The van der Waals surface area contributed by atoms with E-state index >= 15 is 0 Å². The van der Waals surface area contributed by atoms with E-state index in [0.717, 1.165) is 11.1 Å². The highest BCUT2D eigenvalue weighted by Crippen LogP contribution is 2.27. The Morgan fingerprint density at radius 1 is 0.963 bits per heavy atom. The van der Waals surface area contributed by atoms with Crippen LogP contribution in [0.1, 0.15) is 5.56 Å². The Morgan fingerprint density at radius 2 is 1.67 bits per heavy atom. The third-order valence-electron chi connectivity index (χ3n) is 3.76. The van der Waals surface area contributed by atoms with Crippen LogP contribution in [0.4, 0.5) is 4.79 Å². The zero-order valence-electron chi connectivity index (χ0n) is 15.0. The normalized spacial score (nSPS) is 10.1. The van der Waals surface area contributed by atoms with Crippen LogP contribution in [0.25, 0.3) is 11.4 Å².